The average Bonchev–Trinajstić information content (AvgIpc) is 2.36. The zero-order chi connectivity index (χ0) is 12.5. The van der Waals surface area contributed by atoms with Crippen LogP contribution in [0.1, 0.15) is 25.3 Å². The first-order valence-corrected chi connectivity index (χ1v) is 5.69. The highest BCUT2D eigenvalue weighted by Gasteiger charge is 2.01. The molecule has 0 saturated carbocycles. The highest BCUT2D eigenvalue weighted by Crippen LogP contribution is 2.11. The van der Waals surface area contributed by atoms with E-state index in [2.05, 4.69) is 17.5 Å². The van der Waals surface area contributed by atoms with Crippen LogP contribution in [0.3, 0.4) is 0 Å². The summed E-state index contributed by atoms with van der Waals surface area (Å²) in [7, 11) is 1.62. The maximum absolute atomic E-state index is 11.5. The van der Waals surface area contributed by atoms with Crippen molar-refractivity contribution in [3.8, 4) is 5.75 Å². The Morgan fingerprint density at radius 2 is 2.12 bits per heavy atom. The topological polar surface area (TPSA) is 50.7 Å². The minimum absolute atomic E-state index is 0.109. The van der Waals surface area contributed by atoms with Crippen molar-refractivity contribution in [3.63, 3.8) is 0 Å². The van der Waals surface area contributed by atoms with Gasteiger partial charge >= 0.3 is 0 Å². The number of carbonyl (C=O) groups is 1. The summed E-state index contributed by atoms with van der Waals surface area (Å²) < 4.78 is 5.04. The van der Waals surface area contributed by atoms with Gasteiger partial charge in [0.2, 0.25) is 5.91 Å². The number of carbonyl (C=O) groups excluding carboxylic acids is 1. The van der Waals surface area contributed by atoms with Crippen LogP contribution in [0, 0.1) is 0 Å². The summed E-state index contributed by atoms with van der Waals surface area (Å²) in [5.74, 6) is 0.678. The molecule has 0 unspecified atom stereocenters. The molecule has 17 heavy (non-hydrogen) atoms. The molecule has 1 N–H and O–H groups in total. The molecule has 0 saturated heterocycles. The number of rotatable bonds is 6. The molecule has 0 bridgehead atoms. The van der Waals surface area contributed by atoms with E-state index in [4.69, 9.17) is 4.74 Å². The van der Waals surface area contributed by atoms with Gasteiger partial charge in [-0.2, -0.15) is 5.10 Å². The Balaban J connectivity index is 2.39. The first-order valence-electron chi connectivity index (χ1n) is 5.69. The fourth-order valence-electron chi connectivity index (χ4n) is 1.28. The van der Waals surface area contributed by atoms with Crippen LogP contribution in [0.15, 0.2) is 29.4 Å². The van der Waals surface area contributed by atoms with Gasteiger partial charge < -0.3 is 4.74 Å². The molecule has 4 nitrogen and oxygen atoms in total. The first kappa shape index (κ1) is 13.2. The Morgan fingerprint density at radius 1 is 1.41 bits per heavy atom. The summed E-state index contributed by atoms with van der Waals surface area (Å²) in [6.07, 6.45) is 3.94. The van der Waals surface area contributed by atoms with Gasteiger partial charge in [0, 0.05) is 6.21 Å². The van der Waals surface area contributed by atoms with Gasteiger partial charge in [-0.1, -0.05) is 25.5 Å². The zero-order valence-corrected chi connectivity index (χ0v) is 10.3. The van der Waals surface area contributed by atoms with E-state index in [0.29, 0.717) is 6.42 Å². The SMILES string of the molecule is CCCC=NNC(=O)Cc1ccc(OC)cc1. The Hall–Kier alpha value is -1.84. The molecule has 1 aromatic rings. The maximum atomic E-state index is 11.5. The standard InChI is InChI=1S/C13H18N2O2/c1-3-4-9-14-15-13(16)10-11-5-7-12(17-2)8-6-11/h5-9H,3-4,10H2,1-2H3,(H,15,16). The van der Waals surface area contributed by atoms with Crippen LogP contribution >= 0.6 is 0 Å². The van der Waals surface area contributed by atoms with Crippen LogP contribution in [0.2, 0.25) is 0 Å². The molecule has 0 heterocycles. The van der Waals surface area contributed by atoms with Gasteiger partial charge in [0.25, 0.3) is 0 Å². The van der Waals surface area contributed by atoms with Crippen LogP contribution < -0.4 is 10.2 Å². The monoisotopic (exact) mass is 234 g/mol. The second kappa shape index (κ2) is 7.44. The van der Waals surface area contributed by atoms with E-state index >= 15 is 0 Å². The van der Waals surface area contributed by atoms with Gasteiger partial charge in [0.15, 0.2) is 0 Å². The molecule has 1 rings (SSSR count). The average molecular weight is 234 g/mol. The second-order valence-electron chi connectivity index (χ2n) is 3.66. The Bertz CT molecular complexity index is 372. The number of hydrogen-bond donors (Lipinski definition) is 1. The number of unbranched alkanes of at least 4 members (excludes halogenated alkanes) is 1. The first-order chi connectivity index (χ1) is 8.26. The lowest BCUT2D eigenvalue weighted by Crippen LogP contribution is -2.19. The highest BCUT2D eigenvalue weighted by atomic mass is 16.5. The van der Waals surface area contributed by atoms with Crippen LogP contribution in [0.5, 0.6) is 5.75 Å². The summed E-state index contributed by atoms with van der Waals surface area (Å²) in [6.45, 7) is 2.06. The van der Waals surface area contributed by atoms with Crippen molar-refractivity contribution in [2.75, 3.05) is 7.11 Å². The predicted octanol–water partition coefficient (Wildman–Crippen LogP) is 2.14. The zero-order valence-electron chi connectivity index (χ0n) is 10.3. The molecule has 0 spiro atoms. The molecule has 1 amide bonds. The van der Waals surface area contributed by atoms with Crippen molar-refractivity contribution in [2.24, 2.45) is 5.10 Å². The van der Waals surface area contributed by atoms with Crippen LogP contribution in [-0.2, 0) is 11.2 Å². The van der Waals surface area contributed by atoms with Gasteiger partial charge in [0.05, 0.1) is 13.5 Å². The van der Waals surface area contributed by atoms with Gasteiger partial charge in [-0.15, -0.1) is 0 Å². The van der Waals surface area contributed by atoms with E-state index in [0.717, 1.165) is 24.2 Å². The summed E-state index contributed by atoms with van der Waals surface area (Å²) in [5.41, 5.74) is 3.43. The summed E-state index contributed by atoms with van der Waals surface area (Å²) in [4.78, 5) is 11.5. The van der Waals surface area contributed by atoms with Crippen LogP contribution in [-0.4, -0.2) is 19.2 Å². The third-order valence-electron chi connectivity index (χ3n) is 2.22. The predicted molar refractivity (Wildman–Crippen MR) is 68.2 cm³/mol. The maximum Gasteiger partial charge on any atom is 0.244 e. The van der Waals surface area contributed by atoms with Gasteiger partial charge in [-0.3, -0.25) is 4.79 Å². The van der Waals surface area contributed by atoms with Crippen molar-refractivity contribution in [2.45, 2.75) is 26.2 Å². The third kappa shape index (κ3) is 5.15. The number of benzene rings is 1. The van der Waals surface area contributed by atoms with E-state index in [-0.39, 0.29) is 5.91 Å². The summed E-state index contributed by atoms with van der Waals surface area (Å²) in [5, 5.41) is 3.84. The fourth-order valence-corrected chi connectivity index (χ4v) is 1.28. The van der Waals surface area contributed by atoms with E-state index in [1.807, 2.05) is 24.3 Å². The summed E-state index contributed by atoms with van der Waals surface area (Å²) in [6, 6.07) is 7.41. The highest BCUT2D eigenvalue weighted by molar-refractivity contribution is 5.79. The Morgan fingerprint density at radius 3 is 2.71 bits per heavy atom. The van der Waals surface area contributed by atoms with Crippen molar-refractivity contribution in [1.82, 2.24) is 5.43 Å². The smallest absolute Gasteiger partial charge is 0.244 e. The molecule has 0 aliphatic carbocycles. The fraction of sp³-hybridized carbons (Fsp3) is 0.385. The van der Waals surface area contributed by atoms with Gasteiger partial charge in [0.1, 0.15) is 5.75 Å². The van der Waals surface area contributed by atoms with Crippen molar-refractivity contribution in [1.29, 1.82) is 0 Å². The number of ether oxygens (including phenoxy) is 1. The minimum Gasteiger partial charge on any atom is -0.497 e. The molecule has 92 valence electrons. The van der Waals surface area contributed by atoms with Crippen LogP contribution in [0.4, 0.5) is 0 Å². The molecule has 0 radical (unpaired) electrons. The van der Waals surface area contributed by atoms with Crippen molar-refractivity contribution in [3.05, 3.63) is 29.8 Å². The number of hydrogen-bond acceptors (Lipinski definition) is 3. The van der Waals surface area contributed by atoms with E-state index in [1.165, 1.54) is 0 Å². The number of nitrogens with one attached hydrogen (secondary N) is 1. The number of amides is 1. The molecule has 1 aromatic carbocycles. The molecular weight excluding hydrogens is 216 g/mol. The molecule has 4 heteroatoms. The molecule has 0 atom stereocenters. The molecule has 0 aliphatic rings. The minimum atomic E-state index is -0.109. The van der Waals surface area contributed by atoms with E-state index in [1.54, 1.807) is 13.3 Å². The van der Waals surface area contributed by atoms with E-state index in [9.17, 15) is 4.79 Å². The lowest BCUT2D eigenvalue weighted by molar-refractivity contribution is -0.120. The number of nitrogens with zero attached hydrogens (tertiary/aromatic N) is 1. The van der Waals surface area contributed by atoms with Crippen molar-refractivity contribution >= 4 is 12.1 Å². The second-order valence-corrected chi connectivity index (χ2v) is 3.66. The number of hydrazone groups is 1. The Labute approximate surface area is 102 Å². The quantitative estimate of drug-likeness (QED) is 0.605. The largest absolute Gasteiger partial charge is 0.497 e. The van der Waals surface area contributed by atoms with Crippen LogP contribution in [0.25, 0.3) is 0 Å². The third-order valence-corrected chi connectivity index (χ3v) is 2.22. The Kier molecular flexibility index (Phi) is 5.79. The van der Waals surface area contributed by atoms with Gasteiger partial charge in [-0.25, -0.2) is 5.43 Å². The van der Waals surface area contributed by atoms with E-state index < -0.39 is 0 Å². The summed E-state index contributed by atoms with van der Waals surface area (Å²) >= 11 is 0. The molecule has 0 aromatic heterocycles. The molecular formula is C13H18N2O2. The molecule has 0 aliphatic heterocycles. The molecule has 0 fully saturated rings. The van der Waals surface area contributed by atoms with Crippen molar-refractivity contribution < 1.29 is 9.53 Å². The lowest BCUT2D eigenvalue weighted by atomic mass is 10.1. The number of methoxy groups -OCH3 is 1. The normalized spacial score (nSPS) is 10.5. The van der Waals surface area contributed by atoms with Gasteiger partial charge in [-0.05, 0) is 24.1 Å². The lowest BCUT2D eigenvalue weighted by Gasteiger charge is -2.02.